The summed E-state index contributed by atoms with van der Waals surface area (Å²) in [4.78, 5) is 0. The molecule has 1 aliphatic rings. The van der Waals surface area contributed by atoms with Crippen molar-refractivity contribution in [3.8, 4) is 0 Å². The maximum atomic E-state index is 4.46. The van der Waals surface area contributed by atoms with Gasteiger partial charge >= 0.3 is 0 Å². The number of fused-ring (bicyclic) bond motifs is 1. The quantitative estimate of drug-likeness (QED) is 0.569. The number of benzene rings is 2. The molecule has 0 unspecified atom stereocenters. The van der Waals surface area contributed by atoms with Crippen LogP contribution in [-0.2, 0) is 17.3 Å². The van der Waals surface area contributed by atoms with E-state index in [1.165, 1.54) is 46.2 Å². The number of aryl methyl sites for hydroxylation is 2. The standard InChI is InChI=1S/C25H32/c1-8-19-10-9-11-20(15-19)18(3)21-16-23-22(14-17(21)2)24(4,5)12-13-25(23,6)7/h9-11,14-16H,3,8,12-13H2,1-2,4-7H3. The molecule has 0 atom stereocenters. The van der Waals surface area contributed by atoms with Crippen LogP contribution in [0.2, 0.25) is 0 Å². The number of hydrogen-bond acceptors (Lipinski definition) is 0. The number of hydrogen-bond donors (Lipinski definition) is 0. The van der Waals surface area contributed by atoms with Crippen molar-refractivity contribution in [3.63, 3.8) is 0 Å². The zero-order valence-corrected chi connectivity index (χ0v) is 16.8. The minimum absolute atomic E-state index is 0.235. The van der Waals surface area contributed by atoms with Crippen LogP contribution in [0.25, 0.3) is 5.57 Å². The lowest BCUT2D eigenvalue weighted by atomic mass is 9.62. The first kappa shape index (κ1) is 18.0. The second-order valence-corrected chi connectivity index (χ2v) is 9.01. The van der Waals surface area contributed by atoms with Crippen molar-refractivity contribution in [1.82, 2.24) is 0 Å². The van der Waals surface area contributed by atoms with Crippen LogP contribution in [0.4, 0.5) is 0 Å². The molecule has 0 radical (unpaired) electrons. The van der Waals surface area contributed by atoms with E-state index < -0.39 is 0 Å². The van der Waals surface area contributed by atoms with Gasteiger partial charge in [0, 0.05) is 0 Å². The van der Waals surface area contributed by atoms with Gasteiger partial charge in [0.2, 0.25) is 0 Å². The molecule has 1 aliphatic carbocycles. The van der Waals surface area contributed by atoms with Crippen molar-refractivity contribution in [2.75, 3.05) is 0 Å². The molecular weight excluding hydrogens is 300 g/mol. The highest BCUT2D eigenvalue weighted by Crippen LogP contribution is 2.47. The van der Waals surface area contributed by atoms with Gasteiger partial charge in [0.05, 0.1) is 0 Å². The van der Waals surface area contributed by atoms with Crippen molar-refractivity contribution >= 4 is 5.57 Å². The SMILES string of the molecule is C=C(c1cccc(CC)c1)c1cc2c(cc1C)C(C)(C)CCC2(C)C. The highest BCUT2D eigenvalue weighted by Gasteiger charge is 2.37. The first-order chi connectivity index (χ1) is 11.7. The van der Waals surface area contributed by atoms with Crippen LogP contribution in [0.15, 0.2) is 43.0 Å². The van der Waals surface area contributed by atoms with E-state index in [1.54, 1.807) is 0 Å². The summed E-state index contributed by atoms with van der Waals surface area (Å²) in [6.07, 6.45) is 3.56. The molecule has 0 N–H and O–H groups in total. The van der Waals surface area contributed by atoms with Crippen LogP contribution < -0.4 is 0 Å². The molecule has 0 nitrogen and oxygen atoms in total. The van der Waals surface area contributed by atoms with E-state index in [1.807, 2.05) is 0 Å². The van der Waals surface area contributed by atoms with Crippen LogP contribution in [0.3, 0.4) is 0 Å². The second kappa shape index (κ2) is 6.16. The van der Waals surface area contributed by atoms with Crippen molar-refractivity contribution < 1.29 is 0 Å². The first-order valence-electron chi connectivity index (χ1n) is 9.60. The summed E-state index contributed by atoms with van der Waals surface area (Å²) in [5.74, 6) is 0. The smallest absolute Gasteiger partial charge is 0.0100 e. The molecule has 132 valence electrons. The summed E-state index contributed by atoms with van der Waals surface area (Å²) in [5, 5.41) is 0. The normalized spacial score (nSPS) is 17.8. The summed E-state index contributed by atoms with van der Waals surface area (Å²) >= 11 is 0. The topological polar surface area (TPSA) is 0 Å². The summed E-state index contributed by atoms with van der Waals surface area (Å²) < 4.78 is 0. The van der Waals surface area contributed by atoms with Crippen LogP contribution in [0.1, 0.15) is 80.8 Å². The average molecular weight is 333 g/mol. The Kier molecular flexibility index (Phi) is 4.43. The molecule has 0 aromatic heterocycles. The van der Waals surface area contributed by atoms with Crippen LogP contribution >= 0.6 is 0 Å². The second-order valence-electron chi connectivity index (χ2n) is 9.01. The molecule has 0 fully saturated rings. The molecule has 0 heterocycles. The summed E-state index contributed by atoms with van der Waals surface area (Å²) in [6, 6.07) is 13.7. The third-order valence-corrected chi connectivity index (χ3v) is 6.21. The highest BCUT2D eigenvalue weighted by molar-refractivity contribution is 5.81. The Bertz CT molecular complexity index is 818. The molecule has 0 heteroatoms. The summed E-state index contributed by atoms with van der Waals surface area (Å²) in [5.41, 5.74) is 9.95. The van der Waals surface area contributed by atoms with E-state index in [0.29, 0.717) is 0 Å². The molecule has 2 aromatic carbocycles. The molecular formula is C25H32. The Morgan fingerprint density at radius 1 is 0.960 bits per heavy atom. The van der Waals surface area contributed by atoms with Crippen molar-refractivity contribution in [3.05, 3.63) is 76.4 Å². The average Bonchev–Trinajstić information content (AvgIpc) is 2.58. The molecule has 0 aliphatic heterocycles. The molecule has 0 spiro atoms. The van der Waals surface area contributed by atoms with Crippen LogP contribution in [0, 0.1) is 6.92 Å². The fraction of sp³-hybridized carbons (Fsp3) is 0.440. The molecule has 0 amide bonds. The number of rotatable bonds is 3. The minimum atomic E-state index is 0.235. The lowest BCUT2D eigenvalue weighted by Gasteiger charge is -2.42. The molecule has 0 saturated carbocycles. The fourth-order valence-electron chi connectivity index (χ4n) is 4.18. The van der Waals surface area contributed by atoms with Gasteiger partial charge in [-0.25, -0.2) is 0 Å². The van der Waals surface area contributed by atoms with E-state index in [-0.39, 0.29) is 10.8 Å². The van der Waals surface area contributed by atoms with Crippen molar-refractivity contribution in [2.45, 2.75) is 71.6 Å². The maximum Gasteiger partial charge on any atom is -0.0100 e. The van der Waals surface area contributed by atoms with Gasteiger partial charge in [-0.2, -0.15) is 0 Å². The lowest BCUT2D eigenvalue weighted by molar-refractivity contribution is 0.331. The van der Waals surface area contributed by atoms with E-state index >= 15 is 0 Å². The Balaban J connectivity index is 2.13. The molecule has 0 saturated heterocycles. The van der Waals surface area contributed by atoms with Gasteiger partial charge in [-0.15, -0.1) is 0 Å². The monoisotopic (exact) mass is 332 g/mol. The van der Waals surface area contributed by atoms with E-state index in [4.69, 9.17) is 0 Å². The zero-order chi connectivity index (χ0) is 18.4. The van der Waals surface area contributed by atoms with Crippen LogP contribution in [-0.4, -0.2) is 0 Å². The third-order valence-electron chi connectivity index (χ3n) is 6.21. The summed E-state index contributed by atoms with van der Waals surface area (Å²) in [6.45, 7) is 18.5. The zero-order valence-electron chi connectivity index (χ0n) is 16.8. The predicted octanol–water partition coefficient (Wildman–Crippen LogP) is 6.97. The molecule has 0 bridgehead atoms. The predicted molar refractivity (Wildman–Crippen MR) is 110 cm³/mol. The summed E-state index contributed by atoms with van der Waals surface area (Å²) in [7, 11) is 0. The Morgan fingerprint density at radius 2 is 1.56 bits per heavy atom. The Hall–Kier alpha value is -1.82. The van der Waals surface area contributed by atoms with E-state index in [2.05, 4.69) is 84.5 Å². The van der Waals surface area contributed by atoms with Crippen molar-refractivity contribution in [2.24, 2.45) is 0 Å². The Labute approximate surface area is 154 Å². The van der Waals surface area contributed by atoms with Crippen molar-refractivity contribution in [1.29, 1.82) is 0 Å². The third kappa shape index (κ3) is 3.19. The highest BCUT2D eigenvalue weighted by atomic mass is 14.4. The van der Waals surface area contributed by atoms with E-state index in [0.717, 1.165) is 12.0 Å². The van der Waals surface area contributed by atoms with Gasteiger partial charge in [-0.05, 0) is 76.0 Å². The van der Waals surface area contributed by atoms with Gasteiger partial charge in [0.1, 0.15) is 0 Å². The van der Waals surface area contributed by atoms with Gasteiger partial charge in [-0.3, -0.25) is 0 Å². The van der Waals surface area contributed by atoms with Gasteiger partial charge in [0.25, 0.3) is 0 Å². The fourth-order valence-corrected chi connectivity index (χ4v) is 4.18. The van der Waals surface area contributed by atoms with Gasteiger partial charge in [-0.1, -0.05) is 77.6 Å². The first-order valence-corrected chi connectivity index (χ1v) is 9.60. The van der Waals surface area contributed by atoms with Crippen LogP contribution in [0.5, 0.6) is 0 Å². The lowest BCUT2D eigenvalue weighted by Crippen LogP contribution is -2.34. The minimum Gasteiger partial charge on any atom is -0.0905 e. The molecule has 25 heavy (non-hydrogen) atoms. The largest absolute Gasteiger partial charge is 0.0905 e. The van der Waals surface area contributed by atoms with Gasteiger partial charge < -0.3 is 0 Å². The maximum absolute atomic E-state index is 4.46. The van der Waals surface area contributed by atoms with E-state index in [9.17, 15) is 0 Å². The molecule has 3 rings (SSSR count). The Morgan fingerprint density at radius 3 is 2.16 bits per heavy atom. The van der Waals surface area contributed by atoms with Gasteiger partial charge in [0.15, 0.2) is 0 Å². The molecule has 2 aromatic rings.